The van der Waals surface area contributed by atoms with Gasteiger partial charge in [-0.25, -0.2) is 33.7 Å². The third kappa shape index (κ3) is 14.4. The Hall–Kier alpha value is -6.95. The summed E-state index contributed by atoms with van der Waals surface area (Å²) in [5.41, 5.74) is 7.73. The number of aryl methyl sites for hydroxylation is 2. The van der Waals surface area contributed by atoms with Gasteiger partial charge < -0.3 is 23.7 Å². The van der Waals surface area contributed by atoms with E-state index in [0.717, 1.165) is 50.7 Å². The maximum atomic E-state index is 12.9. The molecule has 0 amide bonds. The molecule has 3 aromatic carbocycles. The van der Waals surface area contributed by atoms with E-state index in [1.165, 1.54) is 12.1 Å². The SMILES string of the molecule is CC(C)OC(=O)c1cccc(-c2ccc(F)cc2)n1.CCOC(=O)c1cccc(-c2cc(C)c(OCC)c(C)c2)n1.CCOc1ccc(-c2cccc(C(=O)OC(C)C)n2)cc1. The smallest absolute Gasteiger partial charge is 0.357 e. The standard InChI is InChI=1S/C18H21NO3.C17H19NO3.C15H14FNO2/c1-5-21-17-12(3)10-14(11-13(17)4)15-8-7-9-16(19-15)18(20)22-6-2;1-4-20-14-10-8-13(9-11-14)15-6-5-7-16(18-15)17(19)21-12(2)3;1-10(2)19-15(18)14-5-3-4-13(17-14)11-6-8-12(16)9-7-11/h7-11H,5-6H2,1-4H3;5-12H,4H2,1-3H3;3-10H,1-2H3. The van der Waals surface area contributed by atoms with Crippen molar-refractivity contribution in [2.24, 2.45) is 0 Å². The van der Waals surface area contributed by atoms with Gasteiger partial charge in [0.15, 0.2) is 0 Å². The van der Waals surface area contributed by atoms with Crippen molar-refractivity contribution in [2.75, 3.05) is 19.8 Å². The van der Waals surface area contributed by atoms with Crippen LogP contribution in [-0.4, -0.2) is 64.9 Å². The van der Waals surface area contributed by atoms with Gasteiger partial charge in [0.2, 0.25) is 0 Å². The van der Waals surface area contributed by atoms with E-state index in [9.17, 15) is 18.8 Å². The number of rotatable bonds is 13. The van der Waals surface area contributed by atoms with E-state index in [4.69, 9.17) is 23.7 Å². The van der Waals surface area contributed by atoms with Gasteiger partial charge >= 0.3 is 17.9 Å². The lowest BCUT2D eigenvalue weighted by atomic mass is 10.0. The molecule has 3 heterocycles. The van der Waals surface area contributed by atoms with Gasteiger partial charge in [0, 0.05) is 16.7 Å². The number of hydrogen-bond donors (Lipinski definition) is 0. The molecular weight excluding hydrogens is 790 g/mol. The Labute approximate surface area is 363 Å². The third-order valence-electron chi connectivity index (χ3n) is 8.48. The first-order valence-electron chi connectivity index (χ1n) is 20.5. The van der Waals surface area contributed by atoms with Gasteiger partial charge in [0.05, 0.1) is 49.1 Å². The van der Waals surface area contributed by atoms with Gasteiger partial charge in [-0.05, 0) is 171 Å². The van der Waals surface area contributed by atoms with E-state index < -0.39 is 17.9 Å². The van der Waals surface area contributed by atoms with Crippen molar-refractivity contribution in [1.29, 1.82) is 0 Å². The largest absolute Gasteiger partial charge is 0.494 e. The topological polar surface area (TPSA) is 136 Å². The molecule has 12 heteroatoms. The highest BCUT2D eigenvalue weighted by molar-refractivity contribution is 5.89. The number of nitrogens with zero attached hydrogens (tertiary/aromatic N) is 3. The lowest BCUT2D eigenvalue weighted by molar-refractivity contribution is 0.0360. The fourth-order valence-electron chi connectivity index (χ4n) is 5.86. The van der Waals surface area contributed by atoms with Crippen molar-refractivity contribution >= 4 is 17.9 Å². The highest BCUT2D eigenvalue weighted by Crippen LogP contribution is 2.30. The maximum Gasteiger partial charge on any atom is 0.357 e. The average molecular weight is 844 g/mol. The van der Waals surface area contributed by atoms with Crippen LogP contribution in [0.15, 0.2) is 115 Å². The summed E-state index contributed by atoms with van der Waals surface area (Å²) in [6, 6.07) is 33.4. The Bertz CT molecular complexity index is 2380. The minimum Gasteiger partial charge on any atom is -0.494 e. The molecule has 0 saturated carbocycles. The summed E-state index contributed by atoms with van der Waals surface area (Å²) in [5.74, 6) is 0.156. The summed E-state index contributed by atoms with van der Waals surface area (Å²) in [5, 5.41) is 0. The predicted molar refractivity (Wildman–Crippen MR) is 238 cm³/mol. The van der Waals surface area contributed by atoms with E-state index in [2.05, 4.69) is 15.0 Å². The molecule has 0 fully saturated rings. The van der Waals surface area contributed by atoms with Gasteiger partial charge in [0.25, 0.3) is 0 Å². The van der Waals surface area contributed by atoms with E-state index in [0.29, 0.717) is 36.9 Å². The Balaban J connectivity index is 0.000000205. The number of halogens is 1. The van der Waals surface area contributed by atoms with Crippen LogP contribution in [0.2, 0.25) is 0 Å². The monoisotopic (exact) mass is 843 g/mol. The van der Waals surface area contributed by atoms with Crippen LogP contribution in [0, 0.1) is 19.7 Å². The molecular formula is C50H54FN3O8. The molecule has 0 atom stereocenters. The van der Waals surface area contributed by atoms with Crippen LogP contribution in [-0.2, 0) is 14.2 Å². The van der Waals surface area contributed by atoms with E-state index in [-0.39, 0.29) is 23.7 Å². The van der Waals surface area contributed by atoms with Crippen LogP contribution in [0.25, 0.3) is 33.8 Å². The zero-order chi connectivity index (χ0) is 45.2. The van der Waals surface area contributed by atoms with Crippen molar-refractivity contribution in [3.63, 3.8) is 0 Å². The molecule has 11 nitrogen and oxygen atoms in total. The second-order valence-electron chi connectivity index (χ2n) is 14.2. The first kappa shape index (κ1) is 47.7. The van der Waals surface area contributed by atoms with Gasteiger partial charge in [-0.15, -0.1) is 0 Å². The number of aromatic nitrogens is 3. The molecule has 0 spiro atoms. The Morgan fingerprint density at radius 2 is 0.919 bits per heavy atom. The summed E-state index contributed by atoms with van der Waals surface area (Å²) in [4.78, 5) is 48.4. The molecule has 6 rings (SSSR count). The number of benzene rings is 3. The minimum atomic E-state index is -0.459. The fourth-order valence-corrected chi connectivity index (χ4v) is 5.86. The molecule has 0 aliphatic rings. The predicted octanol–water partition coefficient (Wildman–Crippen LogP) is 11.1. The molecule has 0 aliphatic heterocycles. The Morgan fingerprint density at radius 1 is 0.516 bits per heavy atom. The van der Waals surface area contributed by atoms with Crippen molar-refractivity contribution in [3.8, 4) is 45.3 Å². The zero-order valence-corrected chi connectivity index (χ0v) is 36.7. The molecule has 324 valence electrons. The molecule has 0 saturated heterocycles. The van der Waals surface area contributed by atoms with Crippen molar-refractivity contribution in [2.45, 2.75) is 74.5 Å². The average Bonchev–Trinajstić information content (AvgIpc) is 3.26. The highest BCUT2D eigenvalue weighted by Gasteiger charge is 2.15. The van der Waals surface area contributed by atoms with Gasteiger partial charge in [-0.3, -0.25) is 0 Å². The summed E-state index contributed by atoms with van der Waals surface area (Å²) < 4.78 is 39.2. The van der Waals surface area contributed by atoms with Crippen LogP contribution >= 0.6 is 0 Å². The van der Waals surface area contributed by atoms with E-state index in [1.807, 2.05) is 96.1 Å². The normalized spacial score (nSPS) is 10.5. The van der Waals surface area contributed by atoms with Gasteiger partial charge in [-0.1, -0.05) is 18.2 Å². The third-order valence-corrected chi connectivity index (χ3v) is 8.48. The van der Waals surface area contributed by atoms with Gasteiger partial charge in [-0.2, -0.15) is 0 Å². The second kappa shape index (κ2) is 23.7. The van der Waals surface area contributed by atoms with Gasteiger partial charge in [0.1, 0.15) is 34.4 Å². The van der Waals surface area contributed by atoms with Crippen LogP contribution in [0.4, 0.5) is 4.39 Å². The molecule has 0 N–H and O–H groups in total. The fraction of sp³-hybridized carbons (Fsp3) is 0.280. The number of esters is 3. The number of carbonyl (C=O) groups excluding carboxylic acids is 3. The van der Waals surface area contributed by atoms with Crippen molar-refractivity contribution in [3.05, 3.63) is 149 Å². The first-order valence-corrected chi connectivity index (χ1v) is 20.5. The molecule has 0 aliphatic carbocycles. The van der Waals surface area contributed by atoms with Crippen LogP contribution < -0.4 is 9.47 Å². The number of pyridine rings is 3. The Kier molecular flexibility index (Phi) is 18.3. The quantitative estimate of drug-likeness (QED) is 0.0811. The zero-order valence-electron chi connectivity index (χ0n) is 36.7. The molecule has 3 aromatic heterocycles. The molecule has 6 aromatic rings. The maximum absolute atomic E-state index is 12.9. The molecule has 0 bridgehead atoms. The number of hydrogen-bond acceptors (Lipinski definition) is 11. The minimum absolute atomic E-state index is 0.159. The van der Waals surface area contributed by atoms with Crippen LogP contribution in [0.1, 0.15) is 91.1 Å². The number of carbonyl (C=O) groups is 3. The lowest BCUT2D eigenvalue weighted by Gasteiger charge is -2.13. The second-order valence-corrected chi connectivity index (χ2v) is 14.2. The van der Waals surface area contributed by atoms with E-state index in [1.54, 1.807) is 69.3 Å². The summed E-state index contributed by atoms with van der Waals surface area (Å²) in [6.07, 6.45) is -0.350. The summed E-state index contributed by atoms with van der Waals surface area (Å²) in [7, 11) is 0. The van der Waals surface area contributed by atoms with Crippen molar-refractivity contribution in [1.82, 2.24) is 15.0 Å². The molecule has 0 unspecified atom stereocenters. The summed E-state index contributed by atoms with van der Waals surface area (Å²) >= 11 is 0. The van der Waals surface area contributed by atoms with Crippen molar-refractivity contribution < 1.29 is 42.5 Å². The summed E-state index contributed by atoms with van der Waals surface area (Å²) in [6.45, 7) is 18.5. The van der Waals surface area contributed by atoms with E-state index >= 15 is 0 Å². The van der Waals surface area contributed by atoms with Crippen LogP contribution in [0.5, 0.6) is 11.5 Å². The van der Waals surface area contributed by atoms with Crippen LogP contribution in [0.3, 0.4) is 0 Å². The number of ether oxygens (including phenoxy) is 5. The first-order chi connectivity index (χ1) is 29.7. The lowest BCUT2D eigenvalue weighted by Crippen LogP contribution is -2.13. The molecule has 0 radical (unpaired) electrons. The Morgan fingerprint density at radius 3 is 1.32 bits per heavy atom. The highest BCUT2D eigenvalue weighted by atomic mass is 19.1. The molecule has 62 heavy (non-hydrogen) atoms.